The summed E-state index contributed by atoms with van der Waals surface area (Å²) in [6.07, 6.45) is -3.97. The summed E-state index contributed by atoms with van der Waals surface area (Å²) in [6.45, 7) is 0. The number of halogens is 6. The molecule has 1 N–H and O–H groups in total. The summed E-state index contributed by atoms with van der Waals surface area (Å²) in [5.74, 6) is -4.95. The number of hydrogen-bond donors (Lipinski definition) is 1. The van der Waals surface area contributed by atoms with Crippen LogP contribution in [0.3, 0.4) is 0 Å². The van der Waals surface area contributed by atoms with Crippen molar-refractivity contribution < 1.29 is 31.1 Å². The van der Waals surface area contributed by atoms with Crippen LogP contribution in [0.4, 0.5) is 32.0 Å². The van der Waals surface area contributed by atoms with E-state index in [1.807, 2.05) is 0 Å². The fourth-order valence-electron chi connectivity index (χ4n) is 2.61. The van der Waals surface area contributed by atoms with Crippen LogP contribution in [-0.4, -0.2) is 15.7 Å². The number of anilines is 1. The smallest absolute Gasteiger partial charge is 0.321 e. The van der Waals surface area contributed by atoms with Crippen LogP contribution < -0.4 is 5.32 Å². The molecule has 0 spiro atoms. The second-order valence-electron chi connectivity index (χ2n) is 5.81. The van der Waals surface area contributed by atoms with E-state index < -0.39 is 40.8 Å². The van der Waals surface area contributed by atoms with Gasteiger partial charge in [-0.3, -0.25) is 9.48 Å². The first-order chi connectivity index (χ1) is 13.1. The topological polar surface area (TPSA) is 46.9 Å². The SMILES string of the molecule is Cn1cc(C(=O)Nc2ccccc2-c2cc(F)c(F)cc2F)c(C(F)(F)F)n1. The Balaban J connectivity index is 2.02. The summed E-state index contributed by atoms with van der Waals surface area (Å²) in [6, 6.07) is 6.41. The van der Waals surface area contributed by atoms with Gasteiger partial charge >= 0.3 is 6.18 Å². The van der Waals surface area contributed by atoms with Gasteiger partial charge in [-0.05, 0) is 12.1 Å². The molecule has 4 nitrogen and oxygen atoms in total. The van der Waals surface area contributed by atoms with Crippen LogP contribution in [0, 0.1) is 17.5 Å². The van der Waals surface area contributed by atoms with Gasteiger partial charge in [-0.15, -0.1) is 0 Å². The maximum atomic E-state index is 14.1. The number of carbonyl (C=O) groups excluding carboxylic acids is 1. The lowest BCUT2D eigenvalue weighted by molar-refractivity contribution is -0.141. The number of hydrogen-bond acceptors (Lipinski definition) is 2. The minimum Gasteiger partial charge on any atom is -0.321 e. The highest BCUT2D eigenvalue weighted by molar-refractivity contribution is 6.07. The first kappa shape index (κ1) is 19.5. The van der Waals surface area contributed by atoms with Gasteiger partial charge in [-0.2, -0.15) is 18.3 Å². The van der Waals surface area contributed by atoms with Gasteiger partial charge in [0.05, 0.1) is 5.56 Å². The van der Waals surface area contributed by atoms with Gasteiger partial charge in [0.2, 0.25) is 0 Å². The van der Waals surface area contributed by atoms with E-state index in [1.165, 1.54) is 31.3 Å². The van der Waals surface area contributed by atoms with Crippen molar-refractivity contribution in [1.29, 1.82) is 0 Å². The number of para-hydroxylation sites is 1. The van der Waals surface area contributed by atoms with E-state index in [1.54, 1.807) is 0 Å². The zero-order valence-corrected chi connectivity index (χ0v) is 14.1. The number of aryl methyl sites for hydroxylation is 1. The molecule has 0 aliphatic carbocycles. The Labute approximate surface area is 154 Å². The Hall–Kier alpha value is -3.30. The largest absolute Gasteiger partial charge is 0.435 e. The van der Waals surface area contributed by atoms with Crippen molar-refractivity contribution in [3.05, 3.63) is 71.3 Å². The molecule has 1 aromatic heterocycles. The second kappa shape index (κ2) is 7.02. The van der Waals surface area contributed by atoms with E-state index in [0.717, 1.165) is 10.9 Å². The van der Waals surface area contributed by atoms with Crippen molar-refractivity contribution in [3.8, 4) is 11.1 Å². The fourth-order valence-corrected chi connectivity index (χ4v) is 2.61. The average molecular weight is 399 g/mol. The molecule has 0 saturated carbocycles. The number of nitrogens with zero attached hydrogens (tertiary/aromatic N) is 2. The molecule has 146 valence electrons. The van der Waals surface area contributed by atoms with Gasteiger partial charge in [-0.1, -0.05) is 18.2 Å². The molecule has 10 heteroatoms. The van der Waals surface area contributed by atoms with Crippen LogP contribution >= 0.6 is 0 Å². The number of carbonyl (C=O) groups is 1. The number of nitrogens with one attached hydrogen (secondary N) is 1. The van der Waals surface area contributed by atoms with Gasteiger partial charge in [0.25, 0.3) is 5.91 Å². The van der Waals surface area contributed by atoms with Crippen LogP contribution in [0.25, 0.3) is 11.1 Å². The monoisotopic (exact) mass is 399 g/mol. The summed E-state index contributed by atoms with van der Waals surface area (Å²) in [4.78, 5) is 12.4. The Kier molecular flexibility index (Phi) is 4.88. The predicted octanol–water partition coefficient (Wildman–Crippen LogP) is 4.78. The Morgan fingerprint density at radius 1 is 1.00 bits per heavy atom. The van der Waals surface area contributed by atoms with E-state index in [9.17, 15) is 31.1 Å². The third-order valence-corrected chi connectivity index (χ3v) is 3.82. The van der Waals surface area contributed by atoms with Gasteiger partial charge in [0.1, 0.15) is 5.82 Å². The first-order valence-corrected chi connectivity index (χ1v) is 7.74. The summed E-state index contributed by atoms with van der Waals surface area (Å²) >= 11 is 0. The average Bonchev–Trinajstić information content (AvgIpc) is 3.01. The van der Waals surface area contributed by atoms with Crippen molar-refractivity contribution in [2.75, 3.05) is 5.32 Å². The Morgan fingerprint density at radius 2 is 1.64 bits per heavy atom. The van der Waals surface area contributed by atoms with E-state index in [4.69, 9.17) is 0 Å². The minimum atomic E-state index is -4.86. The minimum absolute atomic E-state index is 0.0373. The predicted molar refractivity (Wildman–Crippen MR) is 87.9 cm³/mol. The van der Waals surface area contributed by atoms with E-state index in [0.29, 0.717) is 12.1 Å². The van der Waals surface area contributed by atoms with Crippen molar-refractivity contribution in [2.24, 2.45) is 7.05 Å². The molecule has 0 aliphatic rings. The summed E-state index contributed by atoms with van der Waals surface area (Å²) in [5, 5.41) is 5.48. The number of alkyl halides is 3. The zero-order valence-electron chi connectivity index (χ0n) is 14.1. The number of benzene rings is 2. The molecular weight excluding hydrogens is 388 g/mol. The highest BCUT2D eigenvalue weighted by Gasteiger charge is 2.39. The molecule has 0 unspecified atom stereocenters. The standard InChI is InChI=1S/C18H11F6N3O/c1-27-8-11(16(26-27)18(22,23)24)17(28)25-15-5-3-2-4-9(15)10-6-13(20)14(21)7-12(10)19/h2-8H,1H3,(H,25,28). The lowest BCUT2D eigenvalue weighted by atomic mass is 10.0. The molecule has 0 fully saturated rings. The second-order valence-corrected chi connectivity index (χ2v) is 5.81. The lowest BCUT2D eigenvalue weighted by Crippen LogP contribution is -2.18. The maximum absolute atomic E-state index is 14.1. The van der Waals surface area contributed by atoms with Crippen LogP contribution in [0.15, 0.2) is 42.6 Å². The third kappa shape index (κ3) is 3.71. The molecule has 0 bridgehead atoms. The molecule has 1 amide bonds. The Bertz CT molecular complexity index is 1060. The van der Waals surface area contributed by atoms with Gasteiger partial charge < -0.3 is 5.32 Å². The lowest BCUT2D eigenvalue weighted by Gasteiger charge is -2.13. The highest BCUT2D eigenvalue weighted by Crippen LogP contribution is 2.33. The number of rotatable bonds is 3. The molecule has 3 aromatic rings. The van der Waals surface area contributed by atoms with Crippen LogP contribution in [0.1, 0.15) is 16.1 Å². The molecular formula is C18H11F6N3O. The molecule has 3 rings (SSSR count). The van der Waals surface area contributed by atoms with E-state index in [2.05, 4.69) is 10.4 Å². The highest BCUT2D eigenvalue weighted by atomic mass is 19.4. The third-order valence-electron chi connectivity index (χ3n) is 3.82. The number of amides is 1. The quantitative estimate of drug-likeness (QED) is 0.509. The zero-order chi connectivity index (χ0) is 20.6. The normalized spacial score (nSPS) is 11.5. The van der Waals surface area contributed by atoms with Crippen LogP contribution in [0.5, 0.6) is 0 Å². The van der Waals surface area contributed by atoms with Crippen molar-refractivity contribution in [2.45, 2.75) is 6.18 Å². The first-order valence-electron chi connectivity index (χ1n) is 7.74. The Morgan fingerprint density at radius 3 is 2.32 bits per heavy atom. The summed E-state index contributed by atoms with van der Waals surface area (Å²) in [7, 11) is 1.22. The molecule has 2 aromatic carbocycles. The fraction of sp³-hybridized carbons (Fsp3) is 0.111. The summed E-state index contributed by atoms with van der Waals surface area (Å²) in [5.41, 5.74) is -2.62. The molecule has 0 saturated heterocycles. The molecule has 0 atom stereocenters. The van der Waals surface area contributed by atoms with E-state index in [-0.39, 0.29) is 16.8 Å². The van der Waals surface area contributed by atoms with Crippen molar-refractivity contribution >= 4 is 11.6 Å². The van der Waals surface area contributed by atoms with Crippen molar-refractivity contribution in [3.63, 3.8) is 0 Å². The van der Waals surface area contributed by atoms with Crippen LogP contribution in [0.2, 0.25) is 0 Å². The molecule has 28 heavy (non-hydrogen) atoms. The molecule has 1 heterocycles. The van der Waals surface area contributed by atoms with E-state index >= 15 is 0 Å². The van der Waals surface area contributed by atoms with Crippen molar-refractivity contribution in [1.82, 2.24) is 9.78 Å². The number of aromatic nitrogens is 2. The van der Waals surface area contributed by atoms with Gasteiger partial charge in [0.15, 0.2) is 17.3 Å². The maximum Gasteiger partial charge on any atom is 0.435 e. The summed E-state index contributed by atoms with van der Waals surface area (Å²) < 4.78 is 80.8. The molecule has 0 radical (unpaired) electrons. The van der Waals surface area contributed by atoms with Gasteiger partial charge in [0, 0.05) is 36.1 Å². The van der Waals surface area contributed by atoms with Crippen LogP contribution in [-0.2, 0) is 13.2 Å². The molecule has 0 aliphatic heterocycles. The van der Waals surface area contributed by atoms with Gasteiger partial charge in [-0.25, -0.2) is 13.2 Å².